The van der Waals surface area contributed by atoms with Gasteiger partial charge >= 0.3 is 0 Å². The molecule has 1 saturated heterocycles. The Morgan fingerprint density at radius 3 is 2.42 bits per heavy atom. The SMILES string of the molecule is Cc1cccc(C(=O)N2CCN(S(=O)(=O)c3cc(F)ccc3F)CC2)n1. The van der Waals surface area contributed by atoms with Crippen molar-refractivity contribution in [3.63, 3.8) is 0 Å². The molecule has 1 aromatic heterocycles. The van der Waals surface area contributed by atoms with Crippen molar-refractivity contribution < 1.29 is 22.0 Å². The highest BCUT2D eigenvalue weighted by molar-refractivity contribution is 7.89. The lowest BCUT2D eigenvalue weighted by Gasteiger charge is -2.33. The first-order valence-electron chi connectivity index (χ1n) is 7.97. The van der Waals surface area contributed by atoms with Crippen LogP contribution in [-0.4, -0.2) is 54.7 Å². The maximum Gasteiger partial charge on any atom is 0.272 e. The summed E-state index contributed by atoms with van der Waals surface area (Å²) in [5, 5.41) is 0. The monoisotopic (exact) mass is 381 g/mol. The van der Waals surface area contributed by atoms with E-state index in [-0.39, 0.29) is 37.8 Å². The molecule has 2 heterocycles. The number of hydrogen-bond acceptors (Lipinski definition) is 4. The first-order valence-corrected chi connectivity index (χ1v) is 9.41. The highest BCUT2D eigenvalue weighted by Gasteiger charge is 2.32. The van der Waals surface area contributed by atoms with Crippen molar-refractivity contribution in [1.82, 2.24) is 14.2 Å². The number of amides is 1. The molecule has 0 atom stereocenters. The van der Waals surface area contributed by atoms with Gasteiger partial charge < -0.3 is 4.90 Å². The molecule has 0 saturated carbocycles. The Labute approximate surface area is 150 Å². The second-order valence-electron chi connectivity index (χ2n) is 5.94. The standard InChI is InChI=1S/C17H17F2N3O3S/c1-12-3-2-4-15(20-12)17(23)21-7-9-22(10-8-21)26(24,25)16-11-13(18)5-6-14(16)19/h2-6,11H,7-10H2,1H3. The van der Waals surface area contributed by atoms with Crippen LogP contribution >= 0.6 is 0 Å². The number of rotatable bonds is 3. The third-order valence-electron chi connectivity index (χ3n) is 4.14. The van der Waals surface area contributed by atoms with Crippen molar-refractivity contribution in [1.29, 1.82) is 0 Å². The summed E-state index contributed by atoms with van der Waals surface area (Å²) in [6.07, 6.45) is 0. The molecular weight excluding hydrogens is 364 g/mol. The van der Waals surface area contributed by atoms with Crippen molar-refractivity contribution >= 4 is 15.9 Å². The average Bonchev–Trinajstić information content (AvgIpc) is 2.63. The molecule has 0 bridgehead atoms. The van der Waals surface area contributed by atoms with E-state index < -0.39 is 26.6 Å². The summed E-state index contributed by atoms with van der Waals surface area (Å²) < 4.78 is 53.3. The lowest BCUT2D eigenvalue weighted by molar-refractivity contribution is 0.0691. The smallest absolute Gasteiger partial charge is 0.272 e. The number of aryl methyl sites for hydroxylation is 1. The molecule has 2 aromatic rings. The molecule has 1 amide bonds. The van der Waals surface area contributed by atoms with Crippen molar-refractivity contribution in [2.45, 2.75) is 11.8 Å². The number of carbonyl (C=O) groups excluding carboxylic acids is 1. The van der Waals surface area contributed by atoms with Gasteiger partial charge in [-0.2, -0.15) is 4.31 Å². The zero-order chi connectivity index (χ0) is 18.9. The van der Waals surface area contributed by atoms with Crippen LogP contribution in [0, 0.1) is 18.6 Å². The number of carbonyl (C=O) groups is 1. The molecule has 0 unspecified atom stereocenters. The predicted octanol–water partition coefficient (Wildman–Crippen LogP) is 1.81. The quantitative estimate of drug-likeness (QED) is 0.813. The van der Waals surface area contributed by atoms with E-state index in [1.54, 1.807) is 25.1 Å². The molecular formula is C17H17F2N3O3S. The number of nitrogens with zero attached hydrogens (tertiary/aromatic N) is 3. The van der Waals surface area contributed by atoms with Crippen LogP contribution in [0.15, 0.2) is 41.3 Å². The number of aromatic nitrogens is 1. The molecule has 1 aromatic carbocycles. The summed E-state index contributed by atoms with van der Waals surface area (Å²) in [5.41, 5.74) is 0.996. The molecule has 6 nitrogen and oxygen atoms in total. The Bertz CT molecular complexity index is 942. The fourth-order valence-corrected chi connectivity index (χ4v) is 4.27. The van der Waals surface area contributed by atoms with E-state index in [1.807, 2.05) is 0 Å². The minimum atomic E-state index is -4.17. The van der Waals surface area contributed by atoms with Crippen LogP contribution in [0.5, 0.6) is 0 Å². The molecule has 0 N–H and O–H groups in total. The molecule has 9 heteroatoms. The van der Waals surface area contributed by atoms with Gasteiger partial charge in [0.1, 0.15) is 22.2 Å². The first kappa shape index (κ1) is 18.4. The van der Waals surface area contributed by atoms with E-state index in [1.165, 1.54) is 4.90 Å². The van der Waals surface area contributed by atoms with Gasteiger partial charge in [0.05, 0.1) is 0 Å². The Kier molecular flexibility index (Phi) is 5.01. The van der Waals surface area contributed by atoms with E-state index in [9.17, 15) is 22.0 Å². The van der Waals surface area contributed by atoms with Gasteiger partial charge in [-0.25, -0.2) is 22.2 Å². The summed E-state index contributed by atoms with van der Waals surface area (Å²) in [6.45, 7) is 2.05. The molecule has 26 heavy (non-hydrogen) atoms. The highest BCUT2D eigenvalue weighted by atomic mass is 32.2. The lowest BCUT2D eigenvalue weighted by atomic mass is 10.2. The number of pyridine rings is 1. The van der Waals surface area contributed by atoms with E-state index in [2.05, 4.69) is 4.98 Å². The van der Waals surface area contributed by atoms with Crippen LogP contribution in [0.3, 0.4) is 0 Å². The van der Waals surface area contributed by atoms with Crippen LogP contribution in [0.25, 0.3) is 0 Å². The normalized spacial score (nSPS) is 15.9. The molecule has 1 aliphatic rings. The summed E-state index contributed by atoms with van der Waals surface area (Å²) in [6, 6.07) is 7.41. The van der Waals surface area contributed by atoms with Gasteiger partial charge in [-0.1, -0.05) is 6.07 Å². The van der Waals surface area contributed by atoms with Crippen molar-refractivity contribution in [3.05, 3.63) is 59.4 Å². The van der Waals surface area contributed by atoms with Gasteiger partial charge in [-0.15, -0.1) is 0 Å². The van der Waals surface area contributed by atoms with Crippen LogP contribution in [0.1, 0.15) is 16.2 Å². The molecule has 3 rings (SSSR count). The largest absolute Gasteiger partial charge is 0.335 e. The second-order valence-corrected chi connectivity index (χ2v) is 7.84. The first-order chi connectivity index (χ1) is 12.3. The molecule has 1 aliphatic heterocycles. The number of benzene rings is 1. The topological polar surface area (TPSA) is 70.6 Å². The maximum atomic E-state index is 13.8. The minimum Gasteiger partial charge on any atom is -0.335 e. The zero-order valence-corrected chi connectivity index (χ0v) is 14.8. The molecule has 0 aliphatic carbocycles. The van der Waals surface area contributed by atoms with Crippen molar-refractivity contribution in [3.8, 4) is 0 Å². The molecule has 138 valence electrons. The van der Waals surface area contributed by atoms with Crippen molar-refractivity contribution in [2.24, 2.45) is 0 Å². The third kappa shape index (κ3) is 3.58. The Balaban J connectivity index is 1.74. The fourth-order valence-electron chi connectivity index (χ4n) is 2.77. The summed E-state index contributed by atoms with van der Waals surface area (Å²) in [4.78, 5) is 17.4. The van der Waals surface area contributed by atoms with Crippen LogP contribution in [0.4, 0.5) is 8.78 Å². The number of hydrogen-bond donors (Lipinski definition) is 0. The lowest BCUT2D eigenvalue weighted by Crippen LogP contribution is -2.50. The van der Waals surface area contributed by atoms with Gasteiger partial charge in [-0.3, -0.25) is 4.79 Å². The number of sulfonamides is 1. The zero-order valence-electron chi connectivity index (χ0n) is 14.0. The van der Waals surface area contributed by atoms with Gasteiger partial charge in [-0.05, 0) is 37.3 Å². The van der Waals surface area contributed by atoms with Crippen LogP contribution in [-0.2, 0) is 10.0 Å². The number of halogens is 2. The maximum absolute atomic E-state index is 13.8. The molecule has 1 fully saturated rings. The molecule has 0 spiro atoms. The third-order valence-corrected chi connectivity index (χ3v) is 6.06. The summed E-state index contributed by atoms with van der Waals surface area (Å²) >= 11 is 0. The van der Waals surface area contributed by atoms with Crippen molar-refractivity contribution in [2.75, 3.05) is 26.2 Å². The van der Waals surface area contributed by atoms with Gasteiger partial charge in [0.25, 0.3) is 5.91 Å². The van der Waals surface area contributed by atoms with E-state index in [4.69, 9.17) is 0 Å². The number of piperazine rings is 1. The average molecular weight is 381 g/mol. The Hall–Kier alpha value is -2.39. The summed E-state index contributed by atoms with van der Waals surface area (Å²) in [5.74, 6) is -2.12. The van der Waals surface area contributed by atoms with Crippen LogP contribution < -0.4 is 0 Å². The van der Waals surface area contributed by atoms with E-state index in [0.717, 1.165) is 16.4 Å². The Morgan fingerprint density at radius 1 is 1.08 bits per heavy atom. The van der Waals surface area contributed by atoms with Gasteiger partial charge in [0.2, 0.25) is 10.0 Å². The second kappa shape index (κ2) is 7.08. The Morgan fingerprint density at radius 2 is 1.77 bits per heavy atom. The predicted molar refractivity (Wildman–Crippen MR) is 90.0 cm³/mol. The van der Waals surface area contributed by atoms with E-state index in [0.29, 0.717) is 11.8 Å². The highest BCUT2D eigenvalue weighted by Crippen LogP contribution is 2.22. The van der Waals surface area contributed by atoms with Crippen LogP contribution in [0.2, 0.25) is 0 Å². The molecule has 0 radical (unpaired) electrons. The van der Waals surface area contributed by atoms with Gasteiger partial charge in [0.15, 0.2) is 0 Å². The minimum absolute atomic E-state index is 0.00412. The van der Waals surface area contributed by atoms with Gasteiger partial charge in [0, 0.05) is 31.9 Å². The van der Waals surface area contributed by atoms with E-state index >= 15 is 0 Å². The fraction of sp³-hybridized carbons (Fsp3) is 0.294. The summed E-state index contributed by atoms with van der Waals surface area (Å²) in [7, 11) is -4.17.